The summed E-state index contributed by atoms with van der Waals surface area (Å²) in [6, 6.07) is 4.60. The number of terminal acetylenes is 1. The molecule has 0 aromatic heterocycles. The van der Waals surface area contributed by atoms with Crippen LogP contribution in [0.2, 0.25) is 0 Å². The van der Waals surface area contributed by atoms with Crippen LogP contribution in [0.3, 0.4) is 0 Å². The van der Waals surface area contributed by atoms with Crippen LogP contribution in [0.5, 0.6) is 5.75 Å². The zero-order valence-electron chi connectivity index (χ0n) is 9.99. The predicted molar refractivity (Wildman–Crippen MR) is 67.8 cm³/mol. The number of anilines is 1. The second-order valence-electron chi connectivity index (χ2n) is 3.56. The molecule has 0 aliphatic rings. The van der Waals surface area contributed by atoms with E-state index >= 15 is 0 Å². The summed E-state index contributed by atoms with van der Waals surface area (Å²) in [6.45, 7) is 1.91. The number of hydrogen-bond donors (Lipinski definition) is 2. The molecule has 0 radical (unpaired) electrons. The summed E-state index contributed by atoms with van der Waals surface area (Å²) >= 11 is 0. The van der Waals surface area contributed by atoms with E-state index in [-0.39, 0.29) is 11.9 Å². The SMILES string of the molecule is C#CC(CC)NC(=O)c1ccc(N)c(OC)c1. The highest BCUT2D eigenvalue weighted by Gasteiger charge is 2.11. The topological polar surface area (TPSA) is 64.4 Å². The van der Waals surface area contributed by atoms with Gasteiger partial charge in [-0.1, -0.05) is 12.8 Å². The lowest BCUT2D eigenvalue weighted by Crippen LogP contribution is -2.33. The molecule has 0 saturated heterocycles. The number of carbonyl (C=O) groups is 1. The van der Waals surface area contributed by atoms with Crippen LogP contribution in [-0.4, -0.2) is 19.1 Å². The molecule has 1 atom stereocenters. The average molecular weight is 232 g/mol. The van der Waals surface area contributed by atoms with Gasteiger partial charge >= 0.3 is 0 Å². The highest BCUT2D eigenvalue weighted by molar-refractivity contribution is 5.95. The lowest BCUT2D eigenvalue weighted by atomic mass is 10.1. The van der Waals surface area contributed by atoms with E-state index in [9.17, 15) is 4.79 Å². The maximum Gasteiger partial charge on any atom is 0.252 e. The molecule has 17 heavy (non-hydrogen) atoms. The molecule has 0 heterocycles. The van der Waals surface area contributed by atoms with Gasteiger partial charge in [-0.15, -0.1) is 6.42 Å². The summed E-state index contributed by atoms with van der Waals surface area (Å²) in [5, 5.41) is 2.73. The van der Waals surface area contributed by atoms with Crippen LogP contribution in [0, 0.1) is 12.3 Å². The molecule has 1 aromatic carbocycles. The highest BCUT2D eigenvalue weighted by atomic mass is 16.5. The van der Waals surface area contributed by atoms with E-state index in [1.54, 1.807) is 18.2 Å². The number of carbonyl (C=O) groups excluding carboxylic acids is 1. The molecule has 1 unspecified atom stereocenters. The minimum Gasteiger partial charge on any atom is -0.495 e. The maximum atomic E-state index is 11.8. The van der Waals surface area contributed by atoms with Gasteiger partial charge in [0.1, 0.15) is 5.75 Å². The Morgan fingerprint density at radius 2 is 2.35 bits per heavy atom. The van der Waals surface area contributed by atoms with Crippen LogP contribution >= 0.6 is 0 Å². The second-order valence-corrected chi connectivity index (χ2v) is 3.56. The number of rotatable bonds is 4. The van der Waals surface area contributed by atoms with Crippen molar-refractivity contribution in [2.24, 2.45) is 0 Å². The second kappa shape index (κ2) is 5.80. The number of benzene rings is 1. The van der Waals surface area contributed by atoms with E-state index in [2.05, 4.69) is 11.2 Å². The molecule has 0 aliphatic carbocycles. The van der Waals surface area contributed by atoms with Gasteiger partial charge in [-0.2, -0.15) is 0 Å². The first-order chi connectivity index (χ1) is 8.12. The number of amides is 1. The number of ether oxygens (including phenoxy) is 1. The zero-order valence-corrected chi connectivity index (χ0v) is 9.99. The number of nitrogens with two attached hydrogens (primary N) is 1. The van der Waals surface area contributed by atoms with Crippen LogP contribution < -0.4 is 15.8 Å². The molecule has 0 bridgehead atoms. The molecule has 3 N–H and O–H groups in total. The number of nitrogens with one attached hydrogen (secondary N) is 1. The van der Waals surface area contributed by atoms with Crippen molar-refractivity contribution in [1.82, 2.24) is 5.32 Å². The van der Waals surface area contributed by atoms with Crippen molar-refractivity contribution >= 4 is 11.6 Å². The minimum absolute atomic E-state index is 0.229. The lowest BCUT2D eigenvalue weighted by molar-refractivity contribution is 0.0944. The molecule has 4 heteroatoms. The fraction of sp³-hybridized carbons (Fsp3) is 0.308. The van der Waals surface area contributed by atoms with E-state index < -0.39 is 0 Å². The fourth-order valence-corrected chi connectivity index (χ4v) is 1.36. The van der Waals surface area contributed by atoms with Gasteiger partial charge in [0, 0.05) is 5.56 Å². The van der Waals surface area contributed by atoms with Crippen LogP contribution in [0.1, 0.15) is 23.7 Å². The average Bonchev–Trinajstić information content (AvgIpc) is 2.36. The summed E-state index contributed by atoms with van der Waals surface area (Å²) < 4.78 is 5.05. The van der Waals surface area contributed by atoms with Gasteiger partial charge in [0.25, 0.3) is 5.91 Å². The minimum atomic E-state index is -0.258. The summed E-state index contributed by atoms with van der Waals surface area (Å²) in [6.07, 6.45) is 5.97. The van der Waals surface area contributed by atoms with Gasteiger partial charge in [-0.25, -0.2) is 0 Å². The van der Waals surface area contributed by atoms with Crippen LogP contribution in [0.25, 0.3) is 0 Å². The molecule has 0 saturated carbocycles. The molecule has 1 rings (SSSR count). The molecule has 1 aromatic rings. The van der Waals surface area contributed by atoms with E-state index in [4.69, 9.17) is 16.9 Å². The Hall–Kier alpha value is -2.15. The summed E-state index contributed by atoms with van der Waals surface area (Å²) in [5.74, 6) is 2.75. The van der Waals surface area contributed by atoms with Crippen molar-refractivity contribution in [3.63, 3.8) is 0 Å². The molecule has 90 valence electrons. The molecule has 1 amide bonds. The van der Waals surface area contributed by atoms with Gasteiger partial charge in [0.05, 0.1) is 18.8 Å². The normalized spacial score (nSPS) is 11.4. The predicted octanol–water partition coefficient (Wildman–Crippen LogP) is 1.42. The molecule has 4 nitrogen and oxygen atoms in total. The van der Waals surface area contributed by atoms with E-state index in [1.807, 2.05) is 6.92 Å². The van der Waals surface area contributed by atoms with Crippen molar-refractivity contribution < 1.29 is 9.53 Å². The molecular formula is C13H16N2O2. The quantitative estimate of drug-likeness (QED) is 0.609. The van der Waals surface area contributed by atoms with Crippen molar-refractivity contribution in [3.05, 3.63) is 23.8 Å². The Balaban J connectivity index is 2.86. The molecular weight excluding hydrogens is 216 g/mol. The zero-order chi connectivity index (χ0) is 12.8. The van der Waals surface area contributed by atoms with Crippen molar-refractivity contribution in [2.45, 2.75) is 19.4 Å². The third-order valence-electron chi connectivity index (χ3n) is 2.41. The number of hydrogen-bond acceptors (Lipinski definition) is 3. The molecule has 0 spiro atoms. The highest BCUT2D eigenvalue weighted by Crippen LogP contribution is 2.22. The summed E-state index contributed by atoms with van der Waals surface area (Å²) in [5.41, 5.74) is 6.63. The Kier molecular flexibility index (Phi) is 4.41. The largest absolute Gasteiger partial charge is 0.495 e. The first kappa shape index (κ1) is 12.9. The van der Waals surface area contributed by atoms with Gasteiger partial charge < -0.3 is 15.8 Å². The van der Waals surface area contributed by atoms with E-state index in [0.717, 1.165) is 0 Å². The molecule has 0 aliphatic heterocycles. The Morgan fingerprint density at radius 3 is 2.88 bits per heavy atom. The maximum absolute atomic E-state index is 11.8. The van der Waals surface area contributed by atoms with Crippen molar-refractivity contribution in [3.8, 4) is 18.1 Å². The van der Waals surface area contributed by atoms with E-state index in [0.29, 0.717) is 23.4 Å². The third-order valence-corrected chi connectivity index (χ3v) is 2.41. The van der Waals surface area contributed by atoms with Crippen LogP contribution in [-0.2, 0) is 0 Å². The van der Waals surface area contributed by atoms with E-state index in [1.165, 1.54) is 7.11 Å². The fourth-order valence-electron chi connectivity index (χ4n) is 1.36. The summed E-state index contributed by atoms with van der Waals surface area (Å²) in [7, 11) is 1.50. The first-order valence-corrected chi connectivity index (χ1v) is 5.32. The molecule has 0 fully saturated rings. The van der Waals surface area contributed by atoms with Gasteiger partial charge in [-0.05, 0) is 24.6 Å². The standard InChI is InChI=1S/C13H16N2O2/c1-4-10(5-2)15-13(16)9-6-7-11(14)12(8-9)17-3/h1,6-8,10H,5,14H2,2-3H3,(H,15,16). The Labute approximate surface area is 101 Å². The third kappa shape index (κ3) is 3.15. The monoisotopic (exact) mass is 232 g/mol. The van der Waals surface area contributed by atoms with Gasteiger partial charge in [-0.3, -0.25) is 4.79 Å². The lowest BCUT2D eigenvalue weighted by Gasteiger charge is -2.12. The number of nitrogen functional groups attached to an aromatic ring is 1. The van der Waals surface area contributed by atoms with Gasteiger partial charge in [0.2, 0.25) is 0 Å². The number of methoxy groups -OCH3 is 1. The van der Waals surface area contributed by atoms with Crippen molar-refractivity contribution in [1.29, 1.82) is 0 Å². The smallest absolute Gasteiger partial charge is 0.252 e. The summed E-state index contributed by atoms with van der Waals surface area (Å²) in [4.78, 5) is 11.8. The Bertz CT molecular complexity index is 449. The van der Waals surface area contributed by atoms with Crippen LogP contribution in [0.4, 0.5) is 5.69 Å². The first-order valence-electron chi connectivity index (χ1n) is 5.32. The van der Waals surface area contributed by atoms with Crippen molar-refractivity contribution in [2.75, 3.05) is 12.8 Å². The Morgan fingerprint density at radius 1 is 1.65 bits per heavy atom. The van der Waals surface area contributed by atoms with Gasteiger partial charge in [0.15, 0.2) is 0 Å². The van der Waals surface area contributed by atoms with Crippen LogP contribution in [0.15, 0.2) is 18.2 Å².